The van der Waals surface area contributed by atoms with Crippen LogP contribution in [0.15, 0.2) is 57.6 Å². The van der Waals surface area contributed by atoms with Gasteiger partial charge in [0, 0.05) is 22.6 Å². The SMILES string of the molecule is O=C1C2=C(Nc3[nH]c(=O)[nH]c(=O)c3C2c2ccc3c(c2)OCO3)c2ccccc21. The molecule has 1 aliphatic carbocycles. The van der Waals surface area contributed by atoms with Gasteiger partial charge in [-0.2, -0.15) is 0 Å². The highest BCUT2D eigenvalue weighted by Gasteiger charge is 2.42. The second kappa shape index (κ2) is 5.48. The maximum Gasteiger partial charge on any atom is 0.327 e. The lowest BCUT2D eigenvalue weighted by molar-refractivity contribution is 0.103. The molecule has 0 amide bonds. The zero-order valence-corrected chi connectivity index (χ0v) is 14.9. The van der Waals surface area contributed by atoms with Crippen LogP contribution in [0.4, 0.5) is 5.82 Å². The highest BCUT2D eigenvalue weighted by atomic mass is 16.7. The molecule has 0 radical (unpaired) electrons. The molecule has 0 spiro atoms. The minimum absolute atomic E-state index is 0.119. The summed E-state index contributed by atoms with van der Waals surface area (Å²) in [6.45, 7) is 0.119. The Labute approximate surface area is 162 Å². The number of aromatic amines is 2. The molecule has 8 nitrogen and oxygen atoms in total. The van der Waals surface area contributed by atoms with Crippen molar-refractivity contribution in [3.05, 3.63) is 91.1 Å². The molecule has 0 fully saturated rings. The lowest BCUT2D eigenvalue weighted by atomic mass is 9.81. The lowest BCUT2D eigenvalue weighted by Gasteiger charge is -2.27. The van der Waals surface area contributed by atoms with E-state index in [1.54, 1.807) is 30.3 Å². The maximum atomic E-state index is 13.3. The predicted molar refractivity (Wildman–Crippen MR) is 103 cm³/mol. The molecule has 29 heavy (non-hydrogen) atoms. The molecule has 6 rings (SSSR count). The minimum atomic E-state index is -0.670. The molecule has 3 aliphatic rings. The summed E-state index contributed by atoms with van der Waals surface area (Å²) in [6, 6.07) is 12.6. The highest BCUT2D eigenvalue weighted by molar-refractivity contribution is 6.23. The van der Waals surface area contributed by atoms with Gasteiger partial charge in [0.05, 0.1) is 11.3 Å². The number of fused-ring (bicyclic) bond motifs is 4. The van der Waals surface area contributed by atoms with E-state index in [-0.39, 0.29) is 24.0 Å². The molecular weight excluding hydrogens is 374 g/mol. The van der Waals surface area contributed by atoms with E-state index in [2.05, 4.69) is 15.3 Å². The van der Waals surface area contributed by atoms with Crippen molar-refractivity contribution >= 4 is 17.3 Å². The number of Topliss-reactive ketones (excluding diaryl/α,β-unsaturated/α-hetero) is 1. The zero-order chi connectivity index (χ0) is 19.7. The third kappa shape index (κ3) is 2.11. The van der Waals surface area contributed by atoms with Crippen LogP contribution in [0.1, 0.15) is 33.0 Å². The number of allylic oxidation sites excluding steroid dienone is 1. The van der Waals surface area contributed by atoms with E-state index in [0.29, 0.717) is 33.9 Å². The van der Waals surface area contributed by atoms with Crippen molar-refractivity contribution in [2.75, 3.05) is 12.1 Å². The third-order valence-electron chi connectivity index (χ3n) is 5.49. The van der Waals surface area contributed by atoms with Gasteiger partial charge < -0.3 is 14.8 Å². The first kappa shape index (κ1) is 15.9. The number of ether oxygens (including phenoxy) is 2. The van der Waals surface area contributed by atoms with Gasteiger partial charge in [-0.15, -0.1) is 0 Å². The van der Waals surface area contributed by atoms with Crippen LogP contribution in [0.25, 0.3) is 5.70 Å². The summed E-state index contributed by atoms with van der Waals surface area (Å²) < 4.78 is 10.9. The zero-order valence-electron chi connectivity index (χ0n) is 14.9. The van der Waals surface area contributed by atoms with Crippen LogP contribution in [0.2, 0.25) is 0 Å². The van der Waals surface area contributed by atoms with Gasteiger partial charge in [-0.1, -0.05) is 30.3 Å². The molecule has 0 saturated heterocycles. The van der Waals surface area contributed by atoms with E-state index in [9.17, 15) is 14.4 Å². The first-order chi connectivity index (χ1) is 14.1. The smallest absolute Gasteiger partial charge is 0.327 e. The number of rotatable bonds is 1. The van der Waals surface area contributed by atoms with Gasteiger partial charge in [0.1, 0.15) is 5.82 Å². The van der Waals surface area contributed by atoms with Crippen molar-refractivity contribution in [1.29, 1.82) is 0 Å². The van der Waals surface area contributed by atoms with Gasteiger partial charge >= 0.3 is 5.69 Å². The molecule has 1 unspecified atom stereocenters. The van der Waals surface area contributed by atoms with Gasteiger partial charge in [-0.05, 0) is 17.7 Å². The molecule has 1 atom stereocenters. The number of carbonyl (C=O) groups excluding carboxylic acids is 1. The molecule has 3 aromatic rings. The van der Waals surface area contributed by atoms with Crippen molar-refractivity contribution in [2.45, 2.75) is 5.92 Å². The van der Waals surface area contributed by atoms with Crippen LogP contribution < -0.4 is 26.0 Å². The second-order valence-corrected chi connectivity index (χ2v) is 7.03. The number of anilines is 1. The molecule has 3 N–H and O–H groups in total. The highest BCUT2D eigenvalue weighted by Crippen LogP contribution is 2.48. The van der Waals surface area contributed by atoms with Crippen LogP contribution in [-0.2, 0) is 0 Å². The second-order valence-electron chi connectivity index (χ2n) is 7.03. The fourth-order valence-corrected chi connectivity index (χ4v) is 4.28. The number of carbonyl (C=O) groups is 1. The lowest BCUT2D eigenvalue weighted by Crippen LogP contribution is -2.33. The molecule has 0 saturated carbocycles. The van der Waals surface area contributed by atoms with E-state index < -0.39 is 17.2 Å². The Bertz CT molecular complexity index is 1380. The Kier molecular flexibility index (Phi) is 3.01. The Morgan fingerprint density at radius 1 is 0.897 bits per heavy atom. The molecule has 3 heterocycles. The molecule has 2 aliphatic heterocycles. The molecule has 2 aromatic carbocycles. The van der Waals surface area contributed by atoms with Crippen LogP contribution in [0, 0.1) is 0 Å². The quantitative estimate of drug-likeness (QED) is 0.588. The van der Waals surface area contributed by atoms with Gasteiger partial charge in [-0.25, -0.2) is 4.79 Å². The standard InChI is InChI=1S/C21H13N3O5/c25-18-11-4-2-1-3-10(11)17-15(18)14(9-5-6-12-13(7-9)29-8-28-12)16-19(22-17)23-21(27)24-20(16)26/h1-7,14H,8H2,(H3,22,23,24,26,27). The van der Waals surface area contributed by atoms with E-state index >= 15 is 0 Å². The van der Waals surface area contributed by atoms with Crippen LogP contribution in [0.3, 0.4) is 0 Å². The number of hydrogen-bond donors (Lipinski definition) is 3. The first-order valence-electron chi connectivity index (χ1n) is 9.03. The van der Waals surface area contributed by atoms with E-state index in [1.807, 2.05) is 12.1 Å². The van der Waals surface area contributed by atoms with Crippen molar-refractivity contribution in [2.24, 2.45) is 0 Å². The number of benzene rings is 2. The van der Waals surface area contributed by atoms with E-state index in [4.69, 9.17) is 9.47 Å². The average Bonchev–Trinajstić information content (AvgIpc) is 3.29. The van der Waals surface area contributed by atoms with Crippen molar-refractivity contribution in [1.82, 2.24) is 9.97 Å². The third-order valence-corrected chi connectivity index (χ3v) is 5.49. The number of aromatic nitrogens is 2. The number of nitrogens with one attached hydrogen (secondary N) is 3. The molecule has 0 bridgehead atoms. The fraction of sp³-hybridized carbons (Fsp3) is 0.0952. The van der Waals surface area contributed by atoms with E-state index in [1.165, 1.54) is 0 Å². The monoisotopic (exact) mass is 387 g/mol. The first-order valence-corrected chi connectivity index (χ1v) is 9.03. The van der Waals surface area contributed by atoms with Crippen LogP contribution in [0.5, 0.6) is 11.5 Å². The summed E-state index contributed by atoms with van der Waals surface area (Å²) >= 11 is 0. The van der Waals surface area contributed by atoms with E-state index in [0.717, 1.165) is 5.56 Å². The van der Waals surface area contributed by atoms with Gasteiger partial charge in [-0.3, -0.25) is 19.6 Å². The Morgan fingerprint density at radius 3 is 2.55 bits per heavy atom. The summed E-state index contributed by atoms with van der Waals surface area (Å²) in [5.41, 5.74) is 2.18. The minimum Gasteiger partial charge on any atom is -0.454 e. The number of hydrogen-bond acceptors (Lipinski definition) is 6. The summed E-state index contributed by atoms with van der Waals surface area (Å²) in [7, 11) is 0. The average molecular weight is 387 g/mol. The van der Waals surface area contributed by atoms with Gasteiger partial charge in [0.2, 0.25) is 6.79 Å². The molecular formula is C21H13N3O5. The summed E-state index contributed by atoms with van der Waals surface area (Å²) in [5.74, 6) is 0.616. The van der Waals surface area contributed by atoms with Gasteiger partial charge in [0.15, 0.2) is 17.3 Å². The molecule has 1 aromatic heterocycles. The van der Waals surface area contributed by atoms with Crippen LogP contribution in [-0.4, -0.2) is 22.5 Å². The summed E-state index contributed by atoms with van der Waals surface area (Å²) in [6.07, 6.45) is 0. The van der Waals surface area contributed by atoms with Crippen molar-refractivity contribution < 1.29 is 14.3 Å². The van der Waals surface area contributed by atoms with Crippen molar-refractivity contribution in [3.63, 3.8) is 0 Å². The Morgan fingerprint density at radius 2 is 1.69 bits per heavy atom. The Balaban J connectivity index is 1.66. The Hall–Kier alpha value is -4.07. The largest absolute Gasteiger partial charge is 0.454 e. The summed E-state index contributed by atoms with van der Waals surface area (Å²) in [4.78, 5) is 42.9. The summed E-state index contributed by atoms with van der Waals surface area (Å²) in [5, 5.41) is 3.11. The fourth-order valence-electron chi connectivity index (χ4n) is 4.28. The van der Waals surface area contributed by atoms with Gasteiger partial charge in [0.25, 0.3) is 5.56 Å². The van der Waals surface area contributed by atoms with Crippen molar-refractivity contribution in [3.8, 4) is 11.5 Å². The number of H-pyrrole nitrogens is 2. The predicted octanol–water partition coefficient (Wildman–Crippen LogP) is 1.96. The molecule has 142 valence electrons. The molecule has 8 heteroatoms. The normalized spacial score (nSPS) is 18.2. The van der Waals surface area contributed by atoms with Crippen LogP contribution >= 0.6 is 0 Å². The topological polar surface area (TPSA) is 113 Å². The number of ketones is 1. The maximum absolute atomic E-state index is 13.3.